The summed E-state index contributed by atoms with van der Waals surface area (Å²) in [6.07, 6.45) is 1.55. The molecule has 0 spiro atoms. The van der Waals surface area contributed by atoms with E-state index in [1.165, 1.54) is 7.11 Å². The van der Waals surface area contributed by atoms with Crippen molar-refractivity contribution < 1.29 is 9.13 Å². The van der Waals surface area contributed by atoms with Crippen LogP contribution >= 0.6 is 11.6 Å². The fourth-order valence-electron chi connectivity index (χ4n) is 3.00. The number of ether oxygens (including phenoxy) is 1. The number of aromatic nitrogens is 3. The molecule has 130 valence electrons. The van der Waals surface area contributed by atoms with Crippen LogP contribution in [0.2, 0.25) is 5.02 Å². The highest BCUT2D eigenvalue weighted by Gasteiger charge is 2.19. The number of anilines is 1. The van der Waals surface area contributed by atoms with Crippen LogP contribution in [0, 0.1) is 5.82 Å². The number of nitrogens with one attached hydrogen (secondary N) is 1. The standard InChI is InChI=1S/C19H14ClFN4O/c1-22-18-12-9-23-16(15(21)17(12)24-19(25-18)26-2)11-7-3-5-10-6-4-8-13(20)14(10)11/h3-9H,1-2H3,(H,22,24,25). The average molecular weight is 369 g/mol. The molecule has 4 aromatic rings. The fourth-order valence-corrected chi connectivity index (χ4v) is 3.28. The van der Waals surface area contributed by atoms with Gasteiger partial charge in [0.2, 0.25) is 0 Å². The van der Waals surface area contributed by atoms with Gasteiger partial charge in [-0.1, -0.05) is 41.9 Å². The second kappa shape index (κ2) is 6.38. The molecule has 0 radical (unpaired) electrons. The minimum absolute atomic E-state index is 0.0776. The Morgan fingerprint density at radius 1 is 1.12 bits per heavy atom. The van der Waals surface area contributed by atoms with E-state index in [4.69, 9.17) is 16.3 Å². The molecule has 0 aliphatic heterocycles. The summed E-state index contributed by atoms with van der Waals surface area (Å²) in [5.41, 5.74) is 0.922. The first-order chi connectivity index (χ1) is 12.6. The predicted molar refractivity (Wildman–Crippen MR) is 101 cm³/mol. The van der Waals surface area contributed by atoms with E-state index in [2.05, 4.69) is 20.3 Å². The van der Waals surface area contributed by atoms with Gasteiger partial charge >= 0.3 is 6.01 Å². The van der Waals surface area contributed by atoms with E-state index in [0.717, 1.165) is 10.8 Å². The largest absolute Gasteiger partial charge is 0.467 e. The third-order valence-electron chi connectivity index (χ3n) is 4.19. The van der Waals surface area contributed by atoms with Crippen LogP contribution in [0.4, 0.5) is 10.2 Å². The van der Waals surface area contributed by atoms with Crippen molar-refractivity contribution in [3.05, 3.63) is 53.4 Å². The van der Waals surface area contributed by atoms with Gasteiger partial charge in [-0.05, 0) is 11.5 Å². The molecule has 7 heteroatoms. The lowest BCUT2D eigenvalue weighted by molar-refractivity contribution is 0.382. The molecule has 0 atom stereocenters. The number of fused-ring (bicyclic) bond motifs is 2. The molecule has 0 aliphatic carbocycles. The molecular weight excluding hydrogens is 355 g/mol. The molecule has 2 aromatic carbocycles. The Morgan fingerprint density at radius 3 is 2.62 bits per heavy atom. The zero-order chi connectivity index (χ0) is 18.3. The third kappa shape index (κ3) is 2.50. The number of benzene rings is 2. The first-order valence-corrected chi connectivity index (χ1v) is 8.27. The summed E-state index contributed by atoms with van der Waals surface area (Å²) >= 11 is 6.37. The van der Waals surface area contributed by atoms with Crippen LogP contribution in [-0.4, -0.2) is 29.1 Å². The predicted octanol–water partition coefficient (Wildman–Crippen LogP) is 4.69. The summed E-state index contributed by atoms with van der Waals surface area (Å²) < 4.78 is 20.5. The average Bonchev–Trinajstić information content (AvgIpc) is 2.67. The lowest BCUT2D eigenvalue weighted by atomic mass is 10.0. The molecule has 0 aliphatic rings. The van der Waals surface area contributed by atoms with Crippen molar-refractivity contribution in [3.8, 4) is 17.3 Å². The summed E-state index contributed by atoms with van der Waals surface area (Å²) in [5, 5.41) is 5.58. The van der Waals surface area contributed by atoms with Crippen LogP contribution in [0.5, 0.6) is 6.01 Å². The van der Waals surface area contributed by atoms with Crippen molar-refractivity contribution in [1.82, 2.24) is 15.0 Å². The van der Waals surface area contributed by atoms with Gasteiger partial charge in [0.1, 0.15) is 17.0 Å². The summed E-state index contributed by atoms with van der Waals surface area (Å²) in [4.78, 5) is 12.7. The molecule has 0 saturated heterocycles. The van der Waals surface area contributed by atoms with E-state index in [-0.39, 0.29) is 17.2 Å². The number of halogens is 2. The summed E-state index contributed by atoms with van der Waals surface area (Å²) in [7, 11) is 3.13. The monoisotopic (exact) mass is 368 g/mol. The Hall–Kier alpha value is -2.99. The van der Waals surface area contributed by atoms with Gasteiger partial charge in [0.25, 0.3) is 0 Å². The second-order valence-electron chi connectivity index (χ2n) is 5.64. The van der Waals surface area contributed by atoms with Crippen molar-refractivity contribution in [2.24, 2.45) is 0 Å². The Balaban J connectivity index is 2.07. The third-order valence-corrected chi connectivity index (χ3v) is 4.51. The van der Waals surface area contributed by atoms with Gasteiger partial charge in [-0.15, -0.1) is 0 Å². The molecule has 2 heterocycles. The minimum atomic E-state index is -0.549. The molecule has 0 saturated carbocycles. The first kappa shape index (κ1) is 16.5. The number of methoxy groups -OCH3 is 1. The molecule has 2 aromatic heterocycles. The van der Waals surface area contributed by atoms with Crippen molar-refractivity contribution in [2.75, 3.05) is 19.5 Å². The Labute approximate surface area is 153 Å². The van der Waals surface area contributed by atoms with E-state index in [1.54, 1.807) is 25.4 Å². The molecule has 0 fully saturated rings. The van der Waals surface area contributed by atoms with Gasteiger partial charge < -0.3 is 10.1 Å². The lowest BCUT2D eigenvalue weighted by Crippen LogP contribution is -2.02. The maximum atomic E-state index is 15.4. The lowest BCUT2D eigenvalue weighted by Gasteiger charge is -2.12. The molecular formula is C19H14ClFN4O. The van der Waals surface area contributed by atoms with Crippen molar-refractivity contribution in [2.45, 2.75) is 0 Å². The maximum Gasteiger partial charge on any atom is 0.318 e. The Morgan fingerprint density at radius 2 is 1.88 bits per heavy atom. The number of hydrogen-bond acceptors (Lipinski definition) is 5. The molecule has 0 bridgehead atoms. The molecule has 0 amide bonds. The van der Waals surface area contributed by atoms with Gasteiger partial charge in [0, 0.05) is 29.2 Å². The SMILES string of the molecule is CNc1nc(OC)nc2c(F)c(-c3cccc4cccc(Cl)c34)ncc12. The fraction of sp³-hybridized carbons (Fsp3) is 0.105. The van der Waals surface area contributed by atoms with Crippen molar-refractivity contribution in [3.63, 3.8) is 0 Å². The van der Waals surface area contributed by atoms with Gasteiger partial charge in [0.05, 0.1) is 12.5 Å². The number of rotatable bonds is 3. The topological polar surface area (TPSA) is 59.9 Å². The maximum absolute atomic E-state index is 15.4. The Bertz CT molecular complexity index is 1140. The van der Waals surface area contributed by atoms with E-state index >= 15 is 4.39 Å². The van der Waals surface area contributed by atoms with Crippen LogP contribution in [-0.2, 0) is 0 Å². The quantitative estimate of drug-likeness (QED) is 0.568. The van der Waals surface area contributed by atoms with Crippen molar-refractivity contribution >= 4 is 39.1 Å². The second-order valence-corrected chi connectivity index (χ2v) is 6.04. The van der Waals surface area contributed by atoms with E-state index in [0.29, 0.717) is 21.8 Å². The summed E-state index contributed by atoms with van der Waals surface area (Å²) in [6, 6.07) is 11.2. The highest BCUT2D eigenvalue weighted by molar-refractivity contribution is 6.36. The minimum Gasteiger partial charge on any atom is -0.467 e. The van der Waals surface area contributed by atoms with Crippen LogP contribution < -0.4 is 10.1 Å². The van der Waals surface area contributed by atoms with E-state index in [1.807, 2.05) is 24.3 Å². The first-order valence-electron chi connectivity index (χ1n) is 7.89. The van der Waals surface area contributed by atoms with Crippen LogP contribution in [0.1, 0.15) is 0 Å². The van der Waals surface area contributed by atoms with Crippen molar-refractivity contribution in [1.29, 1.82) is 0 Å². The molecule has 0 unspecified atom stereocenters. The molecule has 5 nitrogen and oxygen atoms in total. The highest BCUT2D eigenvalue weighted by atomic mass is 35.5. The van der Waals surface area contributed by atoms with Gasteiger partial charge in [0.15, 0.2) is 5.82 Å². The molecule has 26 heavy (non-hydrogen) atoms. The molecule has 1 N–H and O–H groups in total. The number of pyridine rings is 1. The zero-order valence-corrected chi connectivity index (χ0v) is 14.8. The number of hydrogen-bond donors (Lipinski definition) is 1. The van der Waals surface area contributed by atoms with Crippen LogP contribution in [0.3, 0.4) is 0 Å². The van der Waals surface area contributed by atoms with Gasteiger partial charge in [-0.2, -0.15) is 9.97 Å². The Kier molecular flexibility index (Phi) is 4.05. The van der Waals surface area contributed by atoms with Gasteiger partial charge in [-0.25, -0.2) is 4.39 Å². The normalized spacial score (nSPS) is 11.1. The summed E-state index contributed by atoms with van der Waals surface area (Å²) in [6.45, 7) is 0. The van der Waals surface area contributed by atoms with Crippen LogP contribution in [0.25, 0.3) is 32.9 Å². The van der Waals surface area contributed by atoms with Gasteiger partial charge in [-0.3, -0.25) is 4.98 Å². The molecule has 4 rings (SSSR count). The van der Waals surface area contributed by atoms with E-state index < -0.39 is 5.82 Å². The number of nitrogens with zero attached hydrogens (tertiary/aromatic N) is 3. The van der Waals surface area contributed by atoms with Crippen LogP contribution in [0.15, 0.2) is 42.6 Å². The highest BCUT2D eigenvalue weighted by Crippen LogP contribution is 2.36. The smallest absolute Gasteiger partial charge is 0.318 e. The summed E-state index contributed by atoms with van der Waals surface area (Å²) in [5.74, 6) is -0.104. The van der Waals surface area contributed by atoms with E-state index in [9.17, 15) is 0 Å². The zero-order valence-electron chi connectivity index (χ0n) is 14.0.